The van der Waals surface area contributed by atoms with Gasteiger partial charge in [0.25, 0.3) is 5.91 Å². The lowest BCUT2D eigenvalue weighted by Crippen LogP contribution is -2.44. The number of hydrogen-bond acceptors (Lipinski definition) is 3. The van der Waals surface area contributed by atoms with E-state index in [0.29, 0.717) is 6.04 Å². The summed E-state index contributed by atoms with van der Waals surface area (Å²) in [6.07, 6.45) is 2.01. The standard InChI is InChI=1S/C17H26N2O2/c1-4-10-19(15-8-9-18-11-15)16(20)12-21-17-13(2)6-5-7-14(17)3/h5-7,15,18H,4,8-12H2,1-3H3. The van der Waals surface area contributed by atoms with E-state index in [9.17, 15) is 4.79 Å². The molecule has 1 aromatic carbocycles. The van der Waals surface area contributed by atoms with E-state index >= 15 is 0 Å². The average Bonchev–Trinajstić information content (AvgIpc) is 2.97. The summed E-state index contributed by atoms with van der Waals surface area (Å²) < 4.78 is 5.80. The van der Waals surface area contributed by atoms with Crippen LogP contribution in [0.3, 0.4) is 0 Å². The number of carbonyl (C=O) groups is 1. The van der Waals surface area contributed by atoms with E-state index in [1.807, 2.05) is 36.9 Å². The molecule has 1 N–H and O–H groups in total. The first kappa shape index (κ1) is 15.8. The number of hydrogen-bond donors (Lipinski definition) is 1. The third-order valence-electron chi connectivity index (χ3n) is 4.01. The third-order valence-corrected chi connectivity index (χ3v) is 4.01. The molecule has 4 nitrogen and oxygen atoms in total. The highest BCUT2D eigenvalue weighted by Crippen LogP contribution is 2.22. The number of nitrogens with one attached hydrogen (secondary N) is 1. The van der Waals surface area contributed by atoms with Gasteiger partial charge in [0, 0.05) is 19.1 Å². The monoisotopic (exact) mass is 290 g/mol. The minimum absolute atomic E-state index is 0.0909. The molecule has 0 aliphatic carbocycles. The maximum atomic E-state index is 12.5. The van der Waals surface area contributed by atoms with E-state index in [1.165, 1.54) is 0 Å². The Labute approximate surface area is 127 Å². The second-order valence-corrected chi connectivity index (χ2v) is 5.74. The molecule has 0 saturated carbocycles. The Kier molecular flexibility index (Phi) is 5.62. The lowest BCUT2D eigenvalue weighted by Gasteiger charge is -2.28. The summed E-state index contributed by atoms with van der Waals surface area (Å²) in [4.78, 5) is 14.5. The fraction of sp³-hybridized carbons (Fsp3) is 0.588. The second kappa shape index (κ2) is 7.46. The van der Waals surface area contributed by atoms with Gasteiger partial charge in [-0.15, -0.1) is 0 Å². The number of nitrogens with zero attached hydrogens (tertiary/aromatic N) is 1. The molecule has 0 aromatic heterocycles. The molecule has 0 radical (unpaired) electrons. The van der Waals surface area contributed by atoms with Gasteiger partial charge in [0.2, 0.25) is 0 Å². The summed E-state index contributed by atoms with van der Waals surface area (Å²) in [5, 5.41) is 3.32. The first-order valence-electron chi connectivity index (χ1n) is 7.82. The normalized spacial score (nSPS) is 17.8. The molecule has 1 saturated heterocycles. The van der Waals surface area contributed by atoms with Crippen molar-refractivity contribution in [2.45, 2.75) is 39.7 Å². The van der Waals surface area contributed by atoms with E-state index in [-0.39, 0.29) is 12.5 Å². The molecule has 1 fully saturated rings. The first-order chi connectivity index (χ1) is 10.1. The fourth-order valence-corrected chi connectivity index (χ4v) is 2.90. The van der Waals surface area contributed by atoms with Crippen molar-refractivity contribution in [2.75, 3.05) is 26.2 Å². The molecule has 1 aromatic rings. The smallest absolute Gasteiger partial charge is 0.260 e. The maximum Gasteiger partial charge on any atom is 0.260 e. The van der Waals surface area contributed by atoms with Crippen LogP contribution in [-0.4, -0.2) is 43.1 Å². The molecule has 0 bridgehead atoms. The lowest BCUT2D eigenvalue weighted by atomic mass is 10.1. The number of para-hydroxylation sites is 1. The van der Waals surface area contributed by atoms with Crippen molar-refractivity contribution in [1.29, 1.82) is 0 Å². The van der Waals surface area contributed by atoms with Gasteiger partial charge in [0.05, 0.1) is 0 Å². The van der Waals surface area contributed by atoms with Gasteiger partial charge in [0.1, 0.15) is 5.75 Å². The van der Waals surface area contributed by atoms with Crippen LogP contribution in [-0.2, 0) is 4.79 Å². The van der Waals surface area contributed by atoms with Gasteiger partial charge in [0.15, 0.2) is 6.61 Å². The highest BCUT2D eigenvalue weighted by atomic mass is 16.5. The summed E-state index contributed by atoms with van der Waals surface area (Å²) >= 11 is 0. The van der Waals surface area contributed by atoms with Gasteiger partial charge in [-0.05, 0) is 44.4 Å². The van der Waals surface area contributed by atoms with Crippen LogP contribution in [0, 0.1) is 13.8 Å². The highest BCUT2D eigenvalue weighted by Gasteiger charge is 2.26. The molecule has 1 amide bonds. The number of aryl methyl sites for hydroxylation is 2. The SMILES string of the molecule is CCCN(C(=O)COc1c(C)cccc1C)C1CCNC1. The van der Waals surface area contributed by atoms with Crippen LogP contribution < -0.4 is 10.1 Å². The molecule has 4 heteroatoms. The molecule has 1 heterocycles. The van der Waals surface area contributed by atoms with E-state index in [4.69, 9.17) is 4.74 Å². The van der Waals surface area contributed by atoms with Crippen molar-refractivity contribution in [1.82, 2.24) is 10.2 Å². The van der Waals surface area contributed by atoms with Crippen molar-refractivity contribution >= 4 is 5.91 Å². The molecule has 1 unspecified atom stereocenters. The van der Waals surface area contributed by atoms with Gasteiger partial charge in [-0.1, -0.05) is 25.1 Å². The van der Waals surface area contributed by atoms with Gasteiger partial charge >= 0.3 is 0 Å². The first-order valence-corrected chi connectivity index (χ1v) is 7.82. The summed E-state index contributed by atoms with van der Waals surface area (Å²) in [5.74, 6) is 0.931. The molecular formula is C17H26N2O2. The van der Waals surface area contributed by atoms with Crippen LogP contribution in [0.15, 0.2) is 18.2 Å². The minimum Gasteiger partial charge on any atom is -0.483 e. The largest absolute Gasteiger partial charge is 0.483 e. The van der Waals surface area contributed by atoms with Crippen LogP contribution in [0.25, 0.3) is 0 Å². The Balaban J connectivity index is 1.98. The number of ether oxygens (including phenoxy) is 1. The van der Waals surface area contributed by atoms with Crippen molar-refractivity contribution < 1.29 is 9.53 Å². The Morgan fingerprint density at radius 2 is 2.10 bits per heavy atom. The van der Waals surface area contributed by atoms with E-state index in [2.05, 4.69) is 12.2 Å². The van der Waals surface area contributed by atoms with Crippen molar-refractivity contribution in [3.05, 3.63) is 29.3 Å². The van der Waals surface area contributed by atoms with Gasteiger partial charge in [-0.3, -0.25) is 4.79 Å². The van der Waals surface area contributed by atoms with Crippen LogP contribution in [0.2, 0.25) is 0 Å². The Morgan fingerprint density at radius 3 is 2.67 bits per heavy atom. The van der Waals surface area contributed by atoms with Crippen LogP contribution >= 0.6 is 0 Å². The van der Waals surface area contributed by atoms with Gasteiger partial charge in [-0.2, -0.15) is 0 Å². The van der Waals surface area contributed by atoms with Crippen LogP contribution in [0.5, 0.6) is 5.75 Å². The van der Waals surface area contributed by atoms with Crippen molar-refractivity contribution in [2.24, 2.45) is 0 Å². The van der Waals surface area contributed by atoms with Crippen LogP contribution in [0.1, 0.15) is 30.9 Å². The highest BCUT2D eigenvalue weighted by molar-refractivity contribution is 5.78. The lowest BCUT2D eigenvalue weighted by molar-refractivity contribution is -0.135. The zero-order valence-electron chi connectivity index (χ0n) is 13.3. The van der Waals surface area contributed by atoms with E-state index in [0.717, 1.165) is 49.4 Å². The van der Waals surface area contributed by atoms with Crippen LogP contribution in [0.4, 0.5) is 0 Å². The zero-order valence-corrected chi connectivity index (χ0v) is 13.3. The van der Waals surface area contributed by atoms with Gasteiger partial charge in [-0.25, -0.2) is 0 Å². The molecule has 1 atom stereocenters. The summed E-state index contributed by atoms with van der Waals surface area (Å²) in [6, 6.07) is 6.35. The number of carbonyl (C=O) groups excluding carboxylic acids is 1. The summed E-state index contributed by atoms with van der Waals surface area (Å²) in [5.41, 5.74) is 2.15. The molecule has 1 aliphatic rings. The molecule has 21 heavy (non-hydrogen) atoms. The summed E-state index contributed by atoms with van der Waals surface area (Å²) in [7, 11) is 0. The Morgan fingerprint density at radius 1 is 1.38 bits per heavy atom. The number of amides is 1. The number of benzene rings is 1. The molecular weight excluding hydrogens is 264 g/mol. The predicted molar refractivity (Wildman–Crippen MR) is 84.7 cm³/mol. The minimum atomic E-state index is 0.0909. The van der Waals surface area contributed by atoms with E-state index < -0.39 is 0 Å². The molecule has 0 spiro atoms. The fourth-order valence-electron chi connectivity index (χ4n) is 2.90. The van der Waals surface area contributed by atoms with Crippen molar-refractivity contribution in [3.63, 3.8) is 0 Å². The summed E-state index contributed by atoms with van der Waals surface area (Å²) in [6.45, 7) is 8.96. The molecule has 1 aliphatic heterocycles. The molecule has 116 valence electrons. The maximum absolute atomic E-state index is 12.5. The third kappa shape index (κ3) is 3.97. The van der Waals surface area contributed by atoms with E-state index in [1.54, 1.807) is 0 Å². The Hall–Kier alpha value is -1.55. The average molecular weight is 290 g/mol. The number of rotatable bonds is 6. The van der Waals surface area contributed by atoms with Gasteiger partial charge < -0.3 is 15.0 Å². The zero-order chi connectivity index (χ0) is 15.2. The quantitative estimate of drug-likeness (QED) is 0.874. The molecule has 2 rings (SSSR count). The second-order valence-electron chi connectivity index (χ2n) is 5.74. The Bertz CT molecular complexity index is 461. The topological polar surface area (TPSA) is 41.6 Å². The van der Waals surface area contributed by atoms with Crippen molar-refractivity contribution in [3.8, 4) is 5.75 Å². The predicted octanol–water partition coefficient (Wildman–Crippen LogP) is 2.28.